The van der Waals surface area contributed by atoms with Crippen LogP contribution in [-0.4, -0.2) is 36.3 Å². The van der Waals surface area contributed by atoms with Gasteiger partial charge < -0.3 is 10.2 Å². The zero-order valence-electron chi connectivity index (χ0n) is 14.4. The number of piperidine rings is 1. The summed E-state index contributed by atoms with van der Waals surface area (Å²) in [6.07, 6.45) is 5.26. The molecule has 0 saturated carbocycles. The lowest BCUT2D eigenvalue weighted by Gasteiger charge is -2.31. The fourth-order valence-corrected chi connectivity index (χ4v) is 3.14. The fraction of sp³-hybridized carbons (Fsp3) is 0.579. The first-order valence-corrected chi connectivity index (χ1v) is 9.28. The number of hydrogen-bond acceptors (Lipinski definition) is 2. The van der Waals surface area contributed by atoms with Crippen LogP contribution in [0.4, 0.5) is 0 Å². The second kappa shape index (κ2) is 9.67. The van der Waals surface area contributed by atoms with Gasteiger partial charge in [0.05, 0.1) is 6.42 Å². The fourth-order valence-electron chi connectivity index (χ4n) is 3.01. The summed E-state index contributed by atoms with van der Waals surface area (Å²) in [5, 5.41) is 3.70. The topological polar surface area (TPSA) is 49.4 Å². The van der Waals surface area contributed by atoms with Gasteiger partial charge >= 0.3 is 0 Å². The lowest BCUT2D eigenvalue weighted by atomic mass is 9.95. The molecule has 132 valence electrons. The lowest BCUT2D eigenvalue weighted by Crippen LogP contribution is -2.43. The van der Waals surface area contributed by atoms with Gasteiger partial charge in [0.15, 0.2) is 0 Å². The standard InChI is InChI=1S/C19H27ClN2O2/c1-2-3-4-11-21-19(24)16-9-12-22(13-10-16)18(23)14-15-5-7-17(20)8-6-15/h5-8,16H,2-4,9-14H2,1H3,(H,21,24). The highest BCUT2D eigenvalue weighted by Gasteiger charge is 2.26. The van der Waals surface area contributed by atoms with Crippen molar-refractivity contribution in [2.75, 3.05) is 19.6 Å². The van der Waals surface area contributed by atoms with Gasteiger partial charge in [-0.15, -0.1) is 0 Å². The van der Waals surface area contributed by atoms with E-state index in [1.165, 1.54) is 0 Å². The van der Waals surface area contributed by atoms with E-state index < -0.39 is 0 Å². The predicted molar refractivity (Wildman–Crippen MR) is 97.0 cm³/mol. The highest BCUT2D eigenvalue weighted by molar-refractivity contribution is 6.30. The third-order valence-electron chi connectivity index (χ3n) is 4.57. The van der Waals surface area contributed by atoms with Crippen molar-refractivity contribution in [1.82, 2.24) is 10.2 Å². The van der Waals surface area contributed by atoms with Crippen molar-refractivity contribution in [3.8, 4) is 0 Å². The van der Waals surface area contributed by atoms with E-state index in [2.05, 4.69) is 12.2 Å². The highest BCUT2D eigenvalue weighted by atomic mass is 35.5. The maximum atomic E-state index is 12.4. The molecule has 1 saturated heterocycles. The van der Waals surface area contributed by atoms with Crippen LogP contribution in [0.2, 0.25) is 5.02 Å². The maximum Gasteiger partial charge on any atom is 0.226 e. The molecule has 24 heavy (non-hydrogen) atoms. The second-order valence-electron chi connectivity index (χ2n) is 6.46. The zero-order valence-corrected chi connectivity index (χ0v) is 15.1. The van der Waals surface area contributed by atoms with Gasteiger partial charge in [0, 0.05) is 30.6 Å². The second-order valence-corrected chi connectivity index (χ2v) is 6.89. The van der Waals surface area contributed by atoms with E-state index in [-0.39, 0.29) is 17.7 Å². The summed E-state index contributed by atoms with van der Waals surface area (Å²) in [6, 6.07) is 7.38. The van der Waals surface area contributed by atoms with E-state index in [1.807, 2.05) is 17.0 Å². The number of benzene rings is 1. The van der Waals surface area contributed by atoms with E-state index in [4.69, 9.17) is 11.6 Å². The Bertz CT molecular complexity index is 537. The number of halogens is 1. The van der Waals surface area contributed by atoms with Gasteiger partial charge in [-0.05, 0) is 37.0 Å². The van der Waals surface area contributed by atoms with Crippen LogP contribution in [0.15, 0.2) is 24.3 Å². The summed E-state index contributed by atoms with van der Waals surface area (Å²) >= 11 is 5.86. The van der Waals surface area contributed by atoms with E-state index in [1.54, 1.807) is 12.1 Å². The molecule has 0 atom stereocenters. The molecule has 1 N–H and O–H groups in total. The molecule has 2 amide bonds. The monoisotopic (exact) mass is 350 g/mol. The molecule has 0 spiro atoms. The summed E-state index contributed by atoms with van der Waals surface area (Å²) in [7, 11) is 0. The number of carbonyl (C=O) groups excluding carboxylic acids is 2. The van der Waals surface area contributed by atoms with Crippen molar-refractivity contribution >= 4 is 23.4 Å². The minimum absolute atomic E-state index is 0.0474. The maximum absolute atomic E-state index is 12.4. The Morgan fingerprint density at radius 3 is 2.46 bits per heavy atom. The van der Waals surface area contributed by atoms with Crippen LogP contribution in [0.1, 0.15) is 44.6 Å². The molecular formula is C19H27ClN2O2. The van der Waals surface area contributed by atoms with E-state index in [0.29, 0.717) is 24.5 Å². The molecule has 0 unspecified atom stereocenters. The molecule has 2 rings (SSSR count). The summed E-state index contributed by atoms with van der Waals surface area (Å²) in [4.78, 5) is 26.4. The van der Waals surface area contributed by atoms with Crippen molar-refractivity contribution in [3.63, 3.8) is 0 Å². The smallest absolute Gasteiger partial charge is 0.226 e. The number of nitrogens with zero attached hydrogens (tertiary/aromatic N) is 1. The SMILES string of the molecule is CCCCCNC(=O)C1CCN(C(=O)Cc2ccc(Cl)cc2)CC1. The average Bonchev–Trinajstić information content (AvgIpc) is 2.60. The average molecular weight is 351 g/mol. The number of hydrogen-bond donors (Lipinski definition) is 1. The van der Waals surface area contributed by atoms with Crippen molar-refractivity contribution < 1.29 is 9.59 Å². The third kappa shape index (κ3) is 5.82. The van der Waals surface area contributed by atoms with Crippen LogP contribution >= 0.6 is 11.6 Å². The molecule has 4 nitrogen and oxygen atoms in total. The van der Waals surface area contributed by atoms with Gasteiger partial charge in [0.25, 0.3) is 0 Å². The molecule has 0 bridgehead atoms. The summed E-state index contributed by atoms with van der Waals surface area (Å²) in [6.45, 7) is 4.25. The number of carbonyl (C=O) groups is 2. The van der Waals surface area contributed by atoms with Gasteiger partial charge in [-0.1, -0.05) is 43.5 Å². The van der Waals surface area contributed by atoms with Crippen molar-refractivity contribution in [2.24, 2.45) is 5.92 Å². The first-order valence-electron chi connectivity index (χ1n) is 8.90. The zero-order chi connectivity index (χ0) is 17.4. The van der Waals surface area contributed by atoms with Gasteiger partial charge in [0.1, 0.15) is 0 Å². The first kappa shape index (κ1) is 18.8. The number of rotatable bonds is 7. The molecule has 5 heteroatoms. The third-order valence-corrected chi connectivity index (χ3v) is 4.82. The van der Waals surface area contributed by atoms with Crippen LogP contribution in [-0.2, 0) is 16.0 Å². The number of nitrogens with one attached hydrogen (secondary N) is 1. The Kier molecular flexibility index (Phi) is 7.57. The highest BCUT2D eigenvalue weighted by Crippen LogP contribution is 2.19. The Labute approximate surface area is 149 Å². The molecule has 1 aliphatic heterocycles. The largest absolute Gasteiger partial charge is 0.356 e. The summed E-state index contributed by atoms with van der Waals surface area (Å²) in [5.74, 6) is 0.321. The normalized spacial score (nSPS) is 15.3. The van der Waals surface area contributed by atoms with Crippen LogP contribution in [0.5, 0.6) is 0 Å². The molecule has 0 aliphatic carbocycles. The number of unbranched alkanes of at least 4 members (excludes halogenated alkanes) is 2. The van der Waals surface area contributed by atoms with Crippen LogP contribution in [0, 0.1) is 5.92 Å². The Balaban J connectivity index is 1.72. The van der Waals surface area contributed by atoms with Gasteiger partial charge in [-0.3, -0.25) is 9.59 Å². The quantitative estimate of drug-likeness (QED) is 0.766. The molecule has 0 radical (unpaired) electrons. The molecule has 1 aromatic rings. The molecule has 1 aliphatic rings. The molecule has 1 heterocycles. The Hall–Kier alpha value is -1.55. The minimum atomic E-state index is 0.0474. The number of amides is 2. The molecule has 0 aromatic heterocycles. The number of likely N-dealkylation sites (tertiary alicyclic amines) is 1. The first-order chi connectivity index (χ1) is 11.6. The Morgan fingerprint density at radius 2 is 1.83 bits per heavy atom. The van der Waals surface area contributed by atoms with Gasteiger partial charge in [-0.25, -0.2) is 0 Å². The van der Waals surface area contributed by atoms with E-state index in [0.717, 1.165) is 44.2 Å². The molecule has 1 aromatic carbocycles. The van der Waals surface area contributed by atoms with Crippen molar-refractivity contribution in [3.05, 3.63) is 34.9 Å². The van der Waals surface area contributed by atoms with Crippen LogP contribution in [0.3, 0.4) is 0 Å². The molecular weight excluding hydrogens is 324 g/mol. The predicted octanol–water partition coefficient (Wildman–Crippen LogP) is 3.43. The van der Waals surface area contributed by atoms with Crippen LogP contribution < -0.4 is 5.32 Å². The van der Waals surface area contributed by atoms with Gasteiger partial charge in [0.2, 0.25) is 11.8 Å². The van der Waals surface area contributed by atoms with Crippen molar-refractivity contribution in [1.29, 1.82) is 0 Å². The van der Waals surface area contributed by atoms with Crippen molar-refractivity contribution in [2.45, 2.75) is 45.4 Å². The summed E-state index contributed by atoms with van der Waals surface area (Å²) in [5.41, 5.74) is 0.972. The minimum Gasteiger partial charge on any atom is -0.356 e. The Morgan fingerprint density at radius 1 is 1.17 bits per heavy atom. The van der Waals surface area contributed by atoms with E-state index in [9.17, 15) is 9.59 Å². The van der Waals surface area contributed by atoms with Gasteiger partial charge in [-0.2, -0.15) is 0 Å². The molecule has 1 fully saturated rings. The lowest BCUT2D eigenvalue weighted by molar-refractivity contribution is -0.135. The summed E-state index contributed by atoms with van der Waals surface area (Å²) < 4.78 is 0. The van der Waals surface area contributed by atoms with Crippen LogP contribution in [0.25, 0.3) is 0 Å². The van der Waals surface area contributed by atoms with E-state index >= 15 is 0 Å².